The highest BCUT2D eigenvalue weighted by atomic mass is 32.1. The zero-order valence-electron chi connectivity index (χ0n) is 19.7. The molecule has 1 atom stereocenters. The highest BCUT2D eigenvalue weighted by molar-refractivity contribution is 7.10. The molecule has 6 nitrogen and oxygen atoms in total. The van der Waals surface area contributed by atoms with Crippen molar-refractivity contribution >= 4 is 29.2 Å². The number of aryl methyl sites for hydroxylation is 1. The van der Waals surface area contributed by atoms with Gasteiger partial charge in [-0.1, -0.05) is 24.3 Å². The molecular formula is C27H28N2O4S. The maximum atomic E-state index is 13.5. The first kappa shape index (κ1) is 23.6. The van der Waals surface area contributed by atoms with E-state index in [-0.39, 0.29) is 23.6 Å². The molecule has 1 aromatic heterocycles. The molecule has 3 aromatic rings. The molecule has 0 saturated carbocycles. The predicted octanol–water partition coefficient (Wildman–Crippen LogP) is 5.25. The van der Waals surface area contributed by atoms with E-state index >= 15 is 0 Å². The van der Waals surface area contributed by atoms with Crippen molar-refractivity contribution in [2.75, 3.05) is 7.11 Å². The number of fused-ring (bicyclic) bond motifs is 1. The molecule has 176 valence electrons. The second-order valence-electron chi connectivity index (χ2n) is 8.84. The van der Waals surface area contributed by atoms with Crippen LogP contribution in [0.4, 0.5) is 0 Å². The lowest BCUT2D eigenvalue weighted by atomic mass is 9.89. The van der Waals surface area contributed by atoms with Crippen molar-refractivity contribution in [3.63, 3.8) is 0 Å². The van der Waals surface area contributed by atoms with E-state index in [2.05, 4.69) is 10.6 Å². The molecule has 7 heteroatoms. The summed E-state index contributed by atoms with van der Waals surface area (Å²) < 4.78 is 11.5. The minimum atomic E-state index is -0.471. The second kappa shape index (κ2) is 9.73. The van der Waals surface area contributed by atoms with Gasteiger partial charge >= 0.3 is 0 Å². The molecule has 1 aliphatic rings. The van der Waals surface area contributed by atoms with E-state index in [0.29, 0.717) is 23.5 Å². The molecular weight excluding hydrogens is 448 g/mol. The Labute approximate surface area is 203 Å². The SMILES string of the molecule is COc1ccc2c(c1)[C@@H](NC(=O)/C(=C/c1cccs1)NC(=O)c1ccccc1C)CC(C)(C)O2. The summed E-state index contributed by atoms with van der Waals surface area (Å²) in [5, 5.41) is 7.87. The molecule has 0 saturated heterocycles. The van der Waals surface area contributed by atoms with Crippen molar-refractivity contribution in [2.45, 2.75) is 38.8 Å². The Kier molecular flexibility index (Phi) is 6.75. The summed E-state index contributed by atoms with van der Waals surface area (Å²) >= 11 is 1.49. The molecule has 0 aliphatic carbocycles. The summed E-state index contributed by atoms with van der Waals surface area (Å²) in [5.74, 6) is 0.691. The zero-order chi connectivity index (χ0) is 24.3. The fraction of sp³-hybridized carbons (Fsp3) is 0.259. The van der Waals surface area contributed by atoms with Crippen molar-refractivity contribution in [3.8, 4) is 11.5 Å². The van der Waals surface area contributed by atoms with Gasteiger partial charge in [0.2, 0.25) is 0 Å². The van der Waals surface area contributed by atoms with Crippen LogP contribution < -0.4 is 20.1 Å². The third-order valence-corrected chi connectivity index (χ3v) is 6.51. The van der Waals surface area contributed by atoms with Crippen molar-refractivity contribution in [2.24, 2.45) is 0 Å². The van der Waals surface area contributed by atoms with E-state index in [0.717, 1.165) is 16.0 Å². The van der Waals surface area contributed by atoms with E-state index in [1.54, 1.807) is 25.3 Å². The van der Waals surface area contributed by atoms with Crippen LogP contribution in [0.25, 0.3) is 6.08 Å². The van der Waals surface area contributed by atoms with Gasteiger partial charge in [-0.15, -0.1) is 11.3 Å². The third-order valence-electron chi connectivity index (χ3n) is 5.69. The molecule has 4 rings (SSSR count). The Hall–Kier alpha value is -3.58. The minimum Gasteiger partial charge on any atom is -0.497 e. The number of carbonyl (C=O) groups excluding carboxylic acids is 2. The molecule has 0 radical (unpaired) electrons. The van der Waals surface area contributed by atoms with Crippen molar-refractivity contribution in [3.05, 3.63) is 87.2 Å². The number of nitrogens with one attached hydrogen (secondary N) is 2. The van der Waals surface area contributed by atoms with E-state index in [1.807, 2.05) is 68.6 Å². The number of methoxy groups -OCH3 is 1. The number of hydrogen-bond acceptors (Lipinski definition) is 5. The Morgan fingerprint density at radius 1 is 1.15 bits per heavy atom. The van der Waals surface area contributed by atoms with Gasteiger partial charge in [-0.25, -0.2) is 0 Å². The van der Waals surface area contributed by atoms with E-state index < -0.39 is 5.60 Å². The highest BCUT2D eigenvalue weighted by Gasteiger charge is 2.35. The van der Waals surface area contributed by atoms with Crippen LogP contribution in [0.2, 0.25) is 0 Å². The molecule has 0 unspecified atom stereocenters. The fourth-order valence-electron chi connectivity index (χ4n) is 4.02. The lowest BCUT2D eigenvalue weighted by Crippen LogP contribution is -2.43. The average molecular weight is 477 g/mol. The number of hydrogen-bond donors (Lipinski definition) is 2. The maximum Gasteiger partial charge on any atom is 0.268 e. The van der Waals surface area contributed by atoms with Crippen molar-refractivity contribution < 1.29 is 19.1 Å². The lowest BCUT2D eigenvalue weighted by Gasteiger charge is -2.38. The van der Waals surface area contributed by atoms with Gasteiger partial charge in [0, 0.05) is 22.4 Å². The largest absolute Gasteiger partial charge is 0.497 e. The maximum absolute atomic E-state index is 13.5. The molecule has 0 fully saturated rings. The Balaban J connectivity index is 1.64. The quantitative estimate of drug-likeness (QED) is 0.476. The Bertz CT molecular complexity index is 1230. The molecule has 2 amide bonds. The van der Waals surface area contributed by atoms with E-state index in [1.165, 1.54) is 11.3 Å². The van der Waals surface area contributed by atoms with Gasteiger partial charge in [0.1, 0.15) is 22.8 Å². The van der Waals surface area contributed by atoms with Gasteiger partial charge in [-0.3, -0.25) is 9.59 Å². The Morgan fingerprint density at radius 3 is 2.65 bits per heavy atom. The smallest absolute Gasteiger partial charge is 0.268 e. The number of amides is 2. The van der Waals surface area contributed by atoms with Gasteiger partial charge in [0.05, 0.1) is 13.2 Å². The topological polar surface area (TPSA) is 76.7 Å². The first-order chi connectivity index (χ1) is 16.3. The fourth-order valence-corrected chi connectivity index (χ4v) is 4.67. The van der Waals surface area contributed by atoms with Gasteiger partial charge in [0.25, 0.3) is 11.8 Å². The highest BCUT2D eigenvalue weighted by Crippen LogP contribution is 2.41. The number of rotatable bonds is 6. The molecule has 2 aromatic carbocycles. The summed E-state index contributed by atoms with van der Waals surface area (Å²) in [5.41, 5.74) is 1.91. The summed E-state index contributed by atoms with van der Waals surface area (Å²) in [6, 6.07) is 16.3. The Morgan fingerprint density at radius 2 is 1.94 bits per heavy atom. The van der Waals surface area contributed by atoms with Gasteiger partial charge in [-0.05, 0) is 68.1 Å². The molecule has 2 N–H and O–H groups in total. The molecule has 0 spiro atoms. The zero-order valence-corrected chi connectivity index (χ0v) is 20.5. The van der Waals surface area contributed by atoms with Crippen LogP contribution in [0.3, 0.4) is 0 Å². The average Bonchev–Trinajstić information content (AvgIpc) is 3.31. The van der Waals surface area contributed by atoms with Crippen LogP contribution in [0.15, 0.2) is 65.7 Å². The normalized spacial score (nSPS) is 16.7. The summed E-state index contributed by atoms with van der Waals surface area (Å²) in [6.07, 6.45) is 2.27. The number of ether oxygens (including phenoxy) is 2. The van der Waals surface area contributed by atoms with E-state index in [9.17, 15) is 9.59 Å². The number of benzene rings is 2. The van der Waals surface area contributed by atoms with Crippen LogP contribution in [0.1, 0.15) is 52.7 Å². The summed E-state index contributed by atoms with van der Waals surface area (Å²) in [6.45, 7) is 5.84. The second-order valence-corrected chi connectivity index (χ2v) is 9.82. The number of thiophene rings is 1. The minimum absolute atomic E-state index is 0.185. The van der Waals surface area contributed by atoms with Gasteiger partial charge < -0.3 is 20.1 Å². The van der Waals surface area contributed by atoms with Gasteiger partial charge in [0.15, 0.2) is 0 Å². The summed E-state index contributed by atoms with van der Waals surface area (Å²) in [7, 11) is 1.60. The number of carbonyl (C=O) groups is 2. The first-order valence-corrected chi connectivity index (χ1v) is 11.9. The standard InChI is InChI=1S/C27H28N2O4S/c1-17-8-5-6-10-20(17)25(30)28-22(15-19-9-7-13-34-19)26(31)29-23-16-27(2,3)33-24-12-11-18(32-4)14-21(23)24/h5-15,23H,16H2,1-4H3,(H,28,30)(H,29,31)/b22-15-/t23-/m0/s1. The predicted molar refractivity (Wildman–Crippen MR) is 134 cm³/mol. The first-order valence-electron chi connectivity index (χ1n) is 11.1. The molecule has 2 heterocycles. The third kappa shape index (κ3) is 5.31. The molecule has 34 heavy (non-hydrogen) atoms. The summed E-state index contributed by atoms with van der Waals surface area (Å²) in [4.78, 5) is 27.4. The van der Waals surface area contributed by atoms with Gasteiger partial charge in [-0.2, -0.15) is 0 Å². The van der Waals surface area contributed by atoms with E-state index in [4.69, 9.17) is 9.47 Å². The van der Waals surface area contributed by atoms with Crippen LogP contribution in [0.5, 0.6) is 11.5 Å². The monoisotopic (exact) mass is 476 g/mol. The lowest BCUT2D eigenvalue weighted by molar-refractivity contribution is -0.119. The van der Waals surface area contributed by atoms with Crippen molar-refractivity contribution in [1.29, 1.82) is 0 Å². The van der Waals surface area contributed by atoms with Crippen LogP contribution in [0, 0.1) is 6.92 Å². The molecule has 0 bridgehead atoms. The van der Waals surface area contributed by atoms with Crippen LogP contribution in [-0.2, 0) is 4.79 Å². The van der Waals surface area contributed by atoms with Crippen LogP contribution in [-0.4, -0.2) is 24.5 Å². The van der Waals surface area contributed by atoms with Crippen molar-refractivity contribution in [1.82, 2.24) is 10.6 Å². The van der Waals surface area contributed by atoms with Crippen LogP contribution >= 0.6 is 11.3 Å². The molecule has 1 aliphatic heterocycles.